The zero-order chi connectivity index (χ0) is 25.6. The summed E-state index contributed by atoms with van der Waals surface area (Å²) in [4.78, 5) is 30.7. The number of hydrogen-bond donors (Lipinski definition) is 2. The summed E-state index contributed by atoms with van der Waals surface area (Å²) in [7, 11) is 1.63. The molecule has 0 radical (unpaired) electrons. The molecule has 0 bridgehead atoms. The first-order valence-electron chi connectivity index (χ1n) is 11.5. The molecule has 4 aromatic carbocycles. The summed E-state index contributed by atoms with van der Waals surface area (Å²) in [6.45, 7) is 0. The standard InChI is InChI=1S/C29H23N3O3S2/c1-35-24-13-11-20(12-14-24)26-17-37-29(31-26)32-27(33)18-36-25-8-4-7-23(16-25)30-28(34)22-10-9-19-5-2-3-6-21(19)15-22/h2-17H,18H2,1H3,(H,30,34)(H,31,32,33). The largest absolute Gasteiger partial charge is 0.497 e. The van der Waals surface area contributed by atoms with Gasteiger partial charge in [0.2, 0.25) is 5.91 Å². The molecular formula is C29H23N3O3S2. The lowest BCUT2D eigenvalue weighted by Crippen LogP contribution is -2.14. The minimum atomic E-state index is -0.179. The van der Waals surface area contributed by atoms with Gasteiger partial charge in [0.1, 0.15) is 5.75 Å². The van der Waals surface area contributed by atoms with Crippen LogP contribution in [0.5, 0.6) is 5.75 Å². The number of nitrogens with zero attached hydrogens (tertiary/aromatic N) is 1. The summed E-state index contributed by atoms with van der Waals surface area (Å²) in [5, 5.41) is 10.4. The smallest absolute Gasteiger partial charge is 0.255 e. The van der Waals surface area contributed by atoms with Crippen molar-refractivity contribution in [3.05, 3.63) is 102 Å². The summed E-state index contributed by atoms with van der Waals surface area (Å²) in [5.41, 5.74) is 3.01. The number of hydrogen-bond acceptors (Lipinski definition) is 6. The monoisotopic (exact) mass is 525 g/mol. The lowest BCUT2D eigenvalue weighted by atomic mass is 10.1. The summed E-state index contributed by atoms with van der Waals surface area (Å²) in [6, 6.07) is 28.7. The molecule has 184 valence electrons. The maximum Gasteiger partial charge on any atom is 0.255 e. The van der Waals surface area contributed by atoms with Crippen LogP contribution < -0.4 is 15.4 Å². The molecule has 2 amide bonds. The van der Waals surface area contributed by atoms with E-state index in [1.165, 1.54) is 23.1 Å². The van der Waals surface area contributed by atoms with Crippen LogP contribution in [0.4, 0.5) is 10.8 Å². The maximum absolute atomic E-state index is 12.8. The normalized spacial score (nSPS) is 10.7. The van der Waals surface area contributed by atoms with Gasteiger partial charge < -0.3 is 15.4 Å². The molecule has 0 fully saturated rings. The van der Waals surface area contributed by atoms with E-state index in [0.717, 1.165) is 32.7 Å². The molecule has 1 heterocycles. The number of anilines is 2. The Bertz CT molecular complexity index is 1560. The van der Waals surface area contributed by atoms with Crippen LogP contribution in [0.3, 0.4) is 0 Å². The fourth-order valence-electron chi connectivity index (χ4n) is 3.73. The second-order valence-electron chi connectivity index (χ2n) is 8.15. The van der Waals surface area contributed by atoms with Gasteiger partial charge in [-0.15, -0.1) is 23.1 Å². The number of rotatable bonds is 8. The van der Waals surface area contributed by atoms with Crippen molar-refractivity contribution in [2.24, 2.45) is 0 Å². The van der Waals surface area contributed by atoms with Crippen LogP contribution in [0, 0.1) is 0 Å². The third-order valence-corrected chi connectivity index (χ3v) is 7.36. The lowest BCUT2D eigenvalue weighted by molar-refractivity contribution is -0.113. The van der Waals surface area contributed by atoms with Crippen LogP contribution in [0.2, 0.25) is 0 Å². The van der Waals surface area contributed by atoms with Gasteiger partial charge in [0.05, 0.1) is 18.6 Å². The molecule has 0 aliphatic rings. The van der Waals surface area contributed by atoms with Crippen LogP contribution in [-0.2, 0) is 4.79 Å². The Kier molecular flexibility index (Phi) is 7.49. The topological polar surface area (TPSA) is 80.3 Å². The molecule has 1 aromatic heterocycles. The quantitative estimate of drug-likeness (QED) is 0.214. The average molecular weight is 526 g/mol. The van der Waals surface area contributed by atoms with Crippen LogP contribution in [0.1, 0.15) is 10.4 Å². The number of aromatic nitrogens is 1. The lowest BCUT2D eigenvalue weighted by Gasteiger charge is -2.08. The molecule has 0 unspecified atom stereocenters. The van der Waals surface area contributed by atoms with Crippen molar-refractivity contribution >= 4 is 56.5 Å². The highest BCUT2D eigenvalue weighted by molar-refractivity contribution is 8.00. The molecule has 2 N–H and O–H groups in total. The van der Waals surface area contributed by atoms with Crippen molar-refractivity contribution < 1.29 is 14.3 Å². The Morgan fingerprint density at radius 3 is 2.51 bits per heavy atom. The van der Waals surface area contributed by atoms with Crippen molar-refractivity contribution in [1.29, 1.82) is 0 Å². The van der Waals surface area contributed by atoms with Crippen LogP contribution in [-0.4, -0.2) is 29.7 Å². The third-order valence-electron chi connectivity index (χ3n) is 5.61. The van der Waals surface area contributed by atoms with Gasteiger partial charge in [0.25, 0.3) is 5.91 Å². The highest BCUT2D eigenvalue weighted by Crippen LogP contribution is 2.27. The van der Waals surface area contributed by atoms with E-state index in [4.69, 9.17) is 4.74 Å². The first-order chi connectivity index (χ1) is 18.1. The highest BCUT2D eigenvalue weighted by atomic mass is 32.2. The van der Waals surface area contributed by atoms with E-state index in [0.29, 0.717) is 16.4 Å². The number of thiazole rings is 1. The van der Waals surface area contributed by atoms with Gasteiger partial charge >= 0.3 is 0 Å². The van der Waals surface area contributed by atoms with Gasteiger partial charge in [-0.05, 0) is 65.4 Å². The van der Waals surface area contributed by atoms with E-state index in [1.54, 1.807) is 7.11 Å². The molecule has 8 heteroatoms. The van der Waals surface area contributed by atoms with Crippen LogP contribution in [0.15, 0.2) is 101 Å². The molecule has 37 heavy (non-hydrogen) atoms. The Balaban J connectivity index is 1.16. The van der Waals surface area contributed by atoms with E-state index >= 15 is 0 Å². The van der Waals surface area contributed by atoms with Crippen molar-refractivity contribution in [2.75, 3.05) is 23.5 Å². The Morgan fingerprint density at radius 2 is 1.70 bits per heavy atom. The zero-order valence-corrected chi connectivity index (χ0v) is 21.6. The maximum atomic E-state index is 12.8. The molecule has 6 nitrogen and oxygen atoms in total. The Hall–Kier alpha value is -4.14. The minimum Gasteiger partial charge on any atom is -0.497 e. The number of carbonyl (C=O) groups is 2. The number of carbonyl (C=O) groups excluding carboxylic acids is 2. The molecule has 0 saturated heterocycles. The van der Waals surface area contributed by atoms with Crippen molar-refractivity contribution in [3.63, 3.8) is 0 Å². The second-order valence-corrected chi connectivity index (χ2v) is 10.1. The summed E-state index contributed by atoms with van der Waals surface area (Å²) < 4.78 is 5.19. The summed E-state index contributed by atoms with van der Waals surface area (Å²) in [5.74, 6) is 0.676. The van der Waals surface area contributed by atoms with E-state index in [9.17, 15) is 9.59 Å². The van der Waals surface area contributed by atoms with Gasteiger partial charge in [-0.2, -0.15) is 0 Å². The van der Waals surface area contributed by atoms with Gasteiger partial charge in [-0.1, -0.05) is 36.4 Å². The molecule has 0 aliphatic heterocycles. The van der Waals surface area contributed by atoms with Gasteiger partial charge in [0, 0.05) is 27.1 Å². The molecule has 0 aliphatic carbocycles. The number of fused-ring (bicyclic) bond motifs is 1. The van der Waals surface area contributed by atoms with Gasteiger partial charge in [-0.25, -0.2) is 4.98 Å². The first-order valence-corrected chi connectivity index (χ1v) is 13.4. The SMILES string of the molecule is COc1ccc(-c2csc(NC(=O)CSc3cccc(NC(=O)c4ccc5ccccc5c4)c3)n2)cc1. The van der Waals surface area contributed by atoms with Crippen molar-refractivity contribution in [1.82, 2.24) is 4.98 Å². The average Bonchev–Trinajstić information content (AvgIpc) is 3.40. The molecule has 5 rings (SSSR count). The molecular weight excluding hydrogens is 502 g/mol. The number of amides is 2. The van der Waals surface area contributed by atoms with Crippen LogP contribution >= 0.6 is 23.1 Å². The number of ether oxygens (including phenoxy) is 1. The van der Waals surface area contributed by atoms with E-state index in [2.05, 4.69) is 15.6 Å². The summed E-state index contributed by atoms with van der Waals surface area (Å²) in [6.07, 6.45) is 0. The third kappa shape index (κ3) is 6.17. The van der Waals surface area contributed by atoms with Crippen LogP contribution in [0.25, 0.3) is 22.0 Å². The van der Waals surface area contributed by atoms with Gasteiger partial charge in [0.15, 0.2) is 5.13 Å². The fourth-order valence-corrected chi connectivity index (χ4v) is 5.22. The number of methoxy groups -OCH3 is 1. The van der Waals surface area contributed by atoms with E-state index in [-0.39, 0.29) is 17.6 Å². The van der Waals surface area contributed by atoms with Crippen molar-refractivity contribution in [2.45, 2.75) is 4.90 Å². The molecule has 0 atom stereocenters. The number of benzene rings is 4. The molecule has 0 spiro atoms. The fraction of sp³-hybridized carbons (Fsp3) is 0.0690. The predicted octanol–water partition coefficient (Wildman–Crippen LogP) is 6.96. The van der Waals surface area contributed by atoms with Gasteiger partial charge in [-0.3, -0.25) is 9.59 Å². The Morgan fingerprint density at radius 1 is 0.892 bits per heavy atom. The minimum absolute atomic E-state index is 0.147. The number of nitrogens with one attached hydrogen (secondary N) is 2. The molecule has 0 saturated carbocycles. The zero-order valence-electron chi connectivity index (χ0n) is 19.9. The summed E-state index contributed by atoms with van der Waals surface area (Å²) >= 11 is 2.77. The second kappa shape index (κ2) is 11.3. The van der Waals surface area contributed by atoms with E-state index < -0.39 is 0 Å². The Labute approximate surface area is 222 Å². The van der Waals surface area contributed by atoms with E-state index in [1.807, 2.05) is 96.4 Å². The first kappa shape index (κ1) is 24.5. The van der Waals surface area contributed by atoms with Crippen molar-refractivity contribution in [3.8, 4) is 17.0 Å². The molecule has 5 aromatic rings. The number of thioether (sulfide) groups is 1. The predicted molar refractivity (Wildman–Crippen MR) is 152 cm³/mol. The highest BCUT2D eigenvalue weighted by Gasteiger charge is 2.11.